The monoisotopic (exact) mass is 215 g/mol. The van der Waals surface area contributed by atoms with Crippen LogP contribution in [0.5, 0.6) is 0 Å². The number of nitrogens with one attached hydrogen (secondary N) is 1. The van der Waals surface area contributed by atoms with Crippen LogP contribution in [0.3, 0.4) is 0 Å². The summed E-state index contributed by atoms with van der Waals surface area (Å²) in [5, 5.41) is 11.6. The Labute approximate surface area is 88.4 Å². The molecule has 6 nitrogen and oxygen atoms in total. The van der Waals surface area contributed by atoms with Crippen molar-refractivity contribution in [1.29, 1.82) is 0 Å². The van der Waals surface area contributed by atoms with Gasteiger partial charge in [-0.3, -0.25) is 4.79 Å². The van der Waals surface area contributed by atoms with Crippen LogP contribution in [0, 0.1) is 0 Å². The zero-order chi connectivity index (χ0) is 11.6. The first-order chi connectivity index (χ1) is 6.85. The van der Waals surface area contributed by atoms with Gasteiger partial charge in [0.1, 0.15) is 5.54 Å². The predicted octanol–water partition coefficient (Wildman–Crippen LogP) is -0.408. The summed E-state index contributed by atoms with van der Waals surface area (Å²) in [6.07, 6.45) is 0.299. The van der Waals surface area contributed by atoms with Crippen molar-refractivity contribution < 1.29 is 14.7 Å². The molecule has 4 N–H and O–H groups in total. The Balaban J connectivity index is 2.56. The smallest absolute Gasteiger partial charge is 0.325 e. The Hall–Kier alpha value is -1.30. The van der Waals surface area contributed by atoms with Crippen LogP contribution in [0.4, 0.5) is 4.79 Å². The van der Waals surface area contributed by atoms with Crippen molar-refractivity contribution in [2.75, 3.05) is 13.1 Å². The number of carbonyl (C=O) groups excluding carboxylic acids is 1. The van der Waals surface area contributed by atoms with E-state index in [9.17, 15) is 9.59 Å². The third-order valence-electron chi connectivity index (χ3n) is 2.43. The highest BCUT2D eigenvalue weighted by Crippen LogP contribution is 2.18. The Morgan fingerprint density at radius 2 is 2.13 bits per heavy atom. The molecular formula is C9H17N3O3. The lowest BCUT2D eigenvalue weighted by Crippen LogP contribution is -2.52. The Morgan fingerprint density at radius 1 is 1.53 bits per heavy atom. The average molecular weight is 215 g/mol. The lowest BCUT2D eigenvalue weighted by atomic mass is 10.0. The number of likely N-dealkylation sites (tertiary alicyclic amines) is 1. The first-order valence-electron chi connectivity index (χ1n) is 4.93. The summed E-state index contributed by atoms with van der Waals surface area (Å²) in [5.41, 5.74) is 4.36. The van der Waals surface area contributed by atoms with Crippen LogP contribution in [0.25, 0.3) is 0 Å². The number of hydrogen-bond acceptors (Lipinski definition) is 3. The molecule has 0 aromatic heterocycles. The topological polar surface area (TPSA) is 95.7 Å². The maximum atomic E-state index is 11.5. The molecule has 0 aromatic carbocycles. The number of carbonyl (C=O) groups is 2. The molecule has 0 saturated carbocycles. The van der Waals surface area contributed by atoms with Crippen molar-refractivity contribution in [2.24, 2.45) is 5.73 Å². The summed E-state index contributed by atoms with van der Waals surface area (Å²) in [6, 6.07) is -0.214. The Morgan fingerprint density at radius 3 is 2.53 bits per heavy atom. The summed E-state index contributed by atoms with van der Waals surface area (Å²) >= 11 is 0. The van der Waals surface area contributed by atoms with Gasteiger partial charge in [0.15, 0.2) is 0 Å². The molecular weight excluding hydrogens is 198 g/mol. The van der Waals surface area contributed by atoms with Gasteiger partial charge in [-0.25, -0.2) is 4.79 Å². The lowest BCUT2D eigenvalue weighted by Gasteiger charge is -2.21. The van der Waals surface area contributed by atoms with Gasteiger partial charge in [0.05, 0.1) is 6.54 Å². The van der Waals surface area contributed by atoms with Crippen LogP contribution >= 0.6 is 0 Å². The molecule has 1 aliphatic heterocycles. The van der Waals surface area contributed by atoms with E-state index in [-0.39, 0.29) is 18.6 Å². The highest BCUT2D eigenvalue weighted by Gasteiger charge is 2.42. The minimum Gasteiger partial charge on any atom is -0.480 e. The van der Waals surface area contributed by atoms with Crippen LogP contribution in [0.2, 0.25) is 0 Å². The zero-order valence-electron chi connectivity index (χ0n) is 8.99. The van der Waals surface area contributed by atoms with E-state index >= 15 is 0 Å². The molecule has 1 rings (SSSR count). The van der Waals surface area contributed by atoms with Gasteiger partial charge in [-0.2, -0.15) is 0 Å². The number of urea groups is 1. The van der Waals surface area contributed by atoms with Gasteiger partial charge < -0.3 is 21.1 Å². The van der Waals surface area contributed by atoms with E-state index in [0.717, 1.165) is 0 Å². The molecule has 1 fully saturated rings. The van der Waals surface area contributed by atoms with E-state index in [0.29, 0.717) is 13.0 Å². The molecule has 2 amide bonds. The van der Waals surface area contributed by atoms with Crippen molar-refractivity contribution in [3.05, 3.63) is 0 Å². The number of carboxylic acid groups (broad SMARTS) is 1. The molecule has 0 aliphatic carbocycles. The molecule has 0 aromatic rings. The molecule has 1 atom stereocenters. The van der Waals surface area contributed by atoms with Crippen LogP contribution in [-0.2, 0) is 4.79 Å². The van der Waals surface area contributed by atoms with Crippen molar-refractivity contribution in [2.45, 2.75) is 31.8 Å². The van der Waals surface area contributed by atoms with E-state index in [2.05, 4.69) is 5.32 Å². The van der Waals surface area contributed by atoms with Gasteiger partial charge in [0.2, 0.25) is 0 Å². The fourth-order valence-corrected chi connectivity index (χ4v) is 1.52. The SMILES string of the molecule is CC(C)NC(=O)N1CCC(N)(C(=O)O)C1. The van der Waals surface area contributed by atoms with Gasteiger partial charge in [0.25, 0.3) is 0 Å². The van der Waals surface area contributed by atoms with Crippen molar-refractivity contribution >= 4 is 12.0 Å². The standard InChI is InChI=1S/C9H17N3O3/c1-6(2)11-8(15)12-4-3-9(10,5-12)7(13)14/h6H,3-5,10H2,1-2H3,(H,11,15)(H,13,14). The third kappa shape index (κ3) is 2.59. The first kappa shape index (κ1) is 11.8. The van der Waals surface area contributed by atoms with Crippen LogP contribution < -0.4 is 11.1 Å². The summed E-state index contributed by atoms with van der Waals surface area (Å²) in [6.45, 7) is 4.16. The molecule has 1 aliphatic rings. The van der Waals surface area contributed by atoms with Gasteiger partial charge in [-0.15, -0.1) is 0 Å². The van der Waals surface area contributed by atoms with Gasteiger partial charge in [0, 0.05) is 12.6 Å². The predicted molar refractivity (Wildman–Crippen MR) is 54.4 cm³/mol. The van der Waals surface area contributed by atoms with E-state index in [1.54, 1.807) is 0 Å². The fourth-order valence-electron chi connectivity index (χ4n) is 1.52. The summed E-state index contributed by atoms with van der Waals surface area (Å²) in [7, 11) is 0. The molecule has 86 valence electrons. The van der Waals surface area contributed by atoms with Crippen molar-refractivity contribution in [3.63, 3.8) is 0 Å². The molecule has 15 heavy (non-hydrogen) atoms. The molecule has 0 spiro atoms. The zero-order valence-corrected chi connectivity index (χ0v) is 8.99. The average Bonchev–Trinajstić information content (AvgIpc) is 2.48. The van der Waals surface area contributed by atoms with E-state index in [4.69, 9.17) is 10.8 Å². The first-order valence-corrected chi connectivity index (χ1v) is 4.93. The maximum absolute atomic E-state index is 11.5. The second-order valence-corrected chi connectivity index (χ2v) is 4.24. The number of aliphatic carboxylic acids is 1. The van der Waals surface area contributed by atoms with Gasteiger partial charge >= 0.3 is 12.0 Å². The number of nitrogens with two attached hydrogens (primary N) is 1. The lowest BCUT2D eigenvalue weighted by molar-refractivity contribution is -0.142. The number of carboxylic acids is 1. The van der Waals surface area contributed by atoms with Gasteiger partial charge in [-0.1, -0.05) is 0 Å². The van der Waals surface area contributed by atoms with Crippen molar-refractivity contribution in [3.8, 4) is 0 Å². The Bertz CT molecular complexity index is 280. The minimum atomic E-state index is -1.28. The summed E-state index contributed by atoms with van der Waals surface area (Å²) in [5.74, 6) is -1.05. The summed E-state index contributed by atoms with van der Waals surface area (Å²) < 4.78 is 0. The van der Waals surface area contributed by atoms with Crippen LogP contribution in [0.15, 0.2) is 0 Å². The quantitative estimate of drug-likeness (QED) is 0.583. The second-order valence-electron chi connectivity index (χ2n) is 4.24. The number of amides is 2. The van der Waals surface area contributed by atoms with Crippen LogP contribution in [0.1, 0.15) is 20.3 Å². The normalized spacial score (nSPS) is 25.7. The summed E-state index contributed by atoms with van der Waals surface area (Å²) in [4.78, 5) is 23.8. The molecule has 0 radical (unpaired) electrons. The molecule has 1 unspecified atom stereocenters. The highest BCUT2D eigenvalue weighted by atomic mass is 16.4. The van der Waals surface area contributed by atoms with E-state index in [1.165, 1.54) is 4.90 Å². The van der Waals surface area contributed by atoms with E-state index in [1.807, 2.05) is 13.8 Å². The highest BCUT2D eigenvalue weighted by molar-refractivity contribution is 5.82. The molecule has 0 bridgehead atoms. The third-order valence-corrected chi connectivity index (χ3v) is 2.43. The number of hydrogen-bond donors (Lipinski definition) is 3. The fraction of sp³-hybridized carbons (Fsp3) is 0.778. The molecule has 1 heterocycles. The minimum absolute atomic E-state index is 0.0371. The van der Waals surface area contributed by atoms with Crippen molar-refractivity contribution in [1.82, 2.24) is 10.2 Å². The second kappa shape index (κ2) is 4.06. The Kier molecular flexibility index (Phi) is 3.18. The molecule has 1 saturated heterocycles. The largest absolute Gasteiger partial charge is 0.480 e. The number of rotatable bonds is 2. The maximum Gasteiger partial charge on any atom is 0.325 e. The number of nitrogens with zero attached hydrogens (tertiary/aromatic N) is 1. The van der Waals surface area contributed by atoms with Gasteiger partial charge in [-0.05, 0) is 20.3 Å². The van der Waals surface area contributed by atoms with Crippen LogP contribution in [-0.4, -0.2) is 46.7 Å². The van der Waals surface area contributed by atoms with E-state index < -0.39 is 11.5 Å². The molecule has 6 heteroatoms.